The fraction of sp³-hybridized carbons (Fsp3) is 0.250. The number of anilines is 1. The second-order valence-electron chi connectivity index (χ2n) is 3.17. The number of nitrogens with two attached hydrogens (primary N) is 1. The number of nitrogens with zero attached hydrogens (tertiary/aromatic N) is 1. The molecule has 0 spiro atoms. The molecule has 2 nitrogen and oxygen atoms in total. The SMILES string of the molecule is CC.[B]c1cc2cnc(N)cc2cc1C. The molecule has 1 aromatic carbocycles. The lowest BCUT2D eigenvalue weighted by Gasteiger charge is -2.03. The number of aromatic nitrogens is 1. The summed E-state index contributed by atoms with van der Waals surface area (Å²) in [4.78, 5) is 4.00. The van der Waals surface area contributed by atoms with E-state index in [0.29, 0.717) is 5.82 Å². The van der Waals surface area contributed by atoms with E-state index in [1.807, 2.05) is 39.0 Å². The molecule has 2 N–H and O–H groups in total. The van der Waals surface area contributed by atoms with Gasteiger partial charge in [0.1, 0.15) is 13.7 Å². The lowest BCUT2D eigenvalue weighted by molar-refractivity contribution is 1.37. The summed E-state index contributed by atoms with van der Waals surface area (Å²) in [6, 6.07) is 5.78. The smallest absolute Gasteiger partial charge is 0.123 e. The van der Waals surface area contributed by atoms with Gasteiger partial charge in [0, 0.05) is 6.20 Å². The molecule has 76 valence electrons. The summed E-state index contributed by atoms with van der Waals surface area (Å²) in [6.07, 6.45) is 1.74. The highest BCUT2D eigenvalue weighted by Crippen LogP contribution is 2.14. The van der Waals surface area contributed by atoms with Crippen molar-refractivity contribution >= 4 is 29.9 Å². The van der Waals surface area contributed by atoms with Gasteiger partial charge in [-0.25, -0.2) is 4.98 Å². The maximum Gasteiger partial charge on any atom is 0.123 e. The number of fused-ring (bicyclic) bond motifs is 1. The van der Waals surface area contributed by atoms with Crippen LogP contribution in [0.5, 0.6) is 0 Å². The van der Waals surface area contributed by atoms with Crippen LogP contribution in [0.1, 0.15) is 19.4 Å². The Bertz CT molecular complexity index is 466. The van der Waals surface area contributed by atoms with Crippen LogP contribution in [0.15, 0.2) is 24.4 Å². The first-order chi connectivity index (χ1) is 7.16. The van der Waals surface area contributed by atoms with Crippen LogP contribution in [0.25, 0.3) is 10.8 Å². The fourth-order valence-electron chi connectivity index (χ4n) is 1.34. The number of hydrogen-bond acceptors (Lipinski definition) is 2. The maximum atomic E-state index is 5.76. The molecule has 0 aliphatic carbocycles. The van der Waals surface area contributed by atoms with Gasteiger partial charge in [-0.1, -0.05) is 37.0 Å². The topological polar surface area (TPSA) is 38.9 Å². The lowest BCUT2D eigenvalue weighted by atomic mass is 9.89. The van der Waals surface area contributed by atoms with Gasteiger partial charge in [0.25, 0.3) is 0 Å². The van der Waals surface area contributed by atoms with Crippen LogP contribution in [0.3, 0.4) is 0 Å². The molecular weight excluding hydrogens is 183 g/mol. The molecule has 2 rings (SSSR count). The van der Waals surface area contributed by atoms with Crippen molar-refractivity contribution in [1.29, 1.82) is 0 Å². The minimum Gasteiger partial charge on any atom is -0.384 e. The number of benzene rings is 1. The van der Waals surface area contributed by atoms with Crippen LogP contribution < -0.4 is 11.2 Å². The van der Waals surface area contributed by atoms with Crippen LogP contribution in [-0.2, 0) is 0 Å². The van der Waals surface area contributed by atoms with Crippen molar-refractivity contribution in [3.8, 4) is 0 Å². The highest BCUT2D eigenvalue weighted by molar-refractivity contribution is 6.34. The van der Waals surface area contributed by atoms with Gasteiger partial charge in [-0.2, -0.15) is 0 Å². The first kappa shape index (κ1) is 11.6. The molecule has 0 aliphatic rings. The van der Waals surface area contributed by atoms with E-state index in [1.165, 1.54) is 0 Å². The van der Waals surface area contributed by atoms with Crippen LogP contribution in [0.4, 0.5) is 5.82 Å². The average molecular weight is 198 g/mol. The van der Waals surface area contributed by atoms with Gasteiger partial charge >= 0.3 is 0 Å². The molecule has 0 saturated carbocycles. The summed E-state index contributed by atoms with van der Waals surface area (Å²) in [5, 5.41) is 2.11. The van der Waals surface area contributed by atoms with E-state index < -0.39 is 0 Å². The molecule has 0 saturated heterocycles. The van der Waals surface area contributed by atoms with Crippen molar-refractivity contribution in [2.75, 3.05) is 5.73 Å². The molecule has 2 aromatic rings. The van der Waals surface area contributed by atoms with E-state index in [2.05, 4.69) is 4.98 Å². The molecule has 0 bridgehead atoms. The van der Waals surface area contributed by atoms with Crippen LogP contribution in [-0.4, -0.2) is 12.8 Å². The van der Waals surface area contributed by atoms with Crippen LogP contribution >= 0.6 is 0 Å². The van der Waals surface area contributed by atoms with Crippen molar-refractivity contribution in [3.05, 3.63) is 30.0 Å². The Morgan fingerprint density at radius 2 is 1.80 bits per heavy atom. The molecule has 0 fully saturated rings. The van der Waals surface area contributed by atoms with E-state index in [9.17, 15) is 0 Å². The highest BCUT2D eigenvalue weighted by atomic mass is 14.8. The minimum absolute atomic E-state index is 0.539. The van der Waals surface area contributed by atoms with Gasteiger partial charge in [-0.05, 0) is 23.8 Å². The van der Waals surface area contributed by atoms with Crippen molar-refractivity contribution in [2.24, 2.45) is 0 Å². The summed E-state index contributed by atoms with van der Waals surface area (Å²) in [6.45, 7) is 5.98. The third-order valence-electron chi connectivity index (χ3n) is 2.13. The number of nitrogen functional groups attached to an aromatic ring is 1. The second kappa shape index (κ2) is 4.83. The Labute approximate surface area is 91.9 Å². The van der Waals surface area contributed by atoms with E-state index in [1.54, 1.807) is 6.20 Å². The minimum atomic E-state index is 0.539. The van der Waals surface area contributed by atoms with Crippen LogP contribution in [0, 0.1) is 6.92 Å². The molecule has 2 radical (unpaired) electrons. The zero-order valence-electron chi connectivity index (χ0n) is 9.41. The van der Waals surface area contributed by atoms with Gasteiger partial charge in [0.15, 0.2) is 0 Å². The Hall–Kier alpha value is -1.51. The van der Waals surface area contributed by atoms with E-state index in [4.69, 9.17) is 13.6 Å². The molecule has 0 amide bonds. The summed E-state index contributed by atoms with van der Waals surface area (Å²) >= 11 is 0. The van der Waals surface area contributed by atoms with Gasteiger partial charge in [0.05, 0.1) is 0 Å². The van der Waals surface area contributed by atoms with E-state index in [-0.39, 0.29) is 0 Å². The summed E-state index contributed by atoms with van der Waals surface area (Å²) in [7, 11) is 5.76. The Morgan fingerprint density at radius 3 is 2.47 bits per heavy atom. The van der Waals surface area contributed by atoms with Crippen molar-refractivity contribution in [2.45, 2.75) is 20.8 Å². The van der Waals surface area contributed by atoms with Gasteiger partial charge < -0.3 is 5.73 Å². The predicted octanol–water partition coefficient (Wildman–Crippen LogP) is 1.95. The first-order valence-corrected chi connectivity index (χ1v) is 5.08. The molecule has 0 unspecified atom stereocenters. The largest absolute Gasteiger partial charge is 0.384 e. The van der Waals surface area contributed by atoms with Gasteiger partial charge in [-0.15, -0.1) is 0 Å². The van der Waals surface area contributed by atoms with Crippen molar-refractivity contribution < 1.29 is 0 Å². The molecule has 1 heterocycles. The normalized spacial score (nSPS) is 9.53. The Morgan fingerprint density at radius 1 is 1.13 bits per heavy atom. The average Bonchev–Trinajstić information content (AvgIpc) is 2.23. The molecule has 1 aromatic heterocycles. The second-order valence-corrected chi connectivity index (χ2v) is 3.17. The summed E-state index contributed by atoms with van der Waals surface area (Å²) < 4.78 is 0. The molecular formula is C12H15BN2. The van der Waals surface area contributed by atoms with E-state index in [0.717, 1.165) is 21.8 Å². The monoisotopic (exact) mass is 198 g/mol. The third kappa shape index (κ3) is 2.49. The summed E-state index contributed by atoms with van der Waals surface area (Å²) in [5.41, 5.74) is 7.43. The first-order valence-electron chi connectivity index (χ1n) is 5.08. The van der Waals surface area contributed by atoms with Gasteiger partial charge in [0.2, 0.25) is 0 Å². The molecule has 0 aliphatic heterocycles. The van der Waals surface area contributed by atoms with E-state index >= 15 is 0 Å². The Kier molecular flexibility index (Phi) is 3.72. The number of rotatable bonds is 0. The van der Waals surface area contributed by atoms with Crippen molar-refractivity contribution in [3.63, 3.8) is 0 Å². The fourth-order valence-corrected chi connectivity index (χ4v) is 1.34. The quantitative estimate of drug-likeness (QED) is 0.657. The van der Waals surface area contributed by atoms with Crippen LogP contribution in [0.2, 0.25) is 0 Å². The lowest BCUT2D eigenvalue weighted by Crippen LogP contribution is -2.06. The van der Waals surface area contributed by atoms with Gasteiger partial charge in [-0.3, -0.25) is 0 Å². The molecule has 0 atom stereocenters. The number of pyridine rings is 1. The Balaban J connectivity index is 0.000000531. The molecule has 3 heteroatoms. The zero-order valence-corrected chi connectivity index (χ0v) is 9.41. The zero-order chi connectivity index (χ0) is 11.4. The summed E-state index contributed by atoms with van der Waals surface area (Å²) in [5.74, 6) is 0.539. The maximum absolute atomic E-state index is 5.76. The number of hydrogen-bond donors (Lipinski definition) is 1. The van der Waals surface area contributed by atoms with Crippen molar-refractivity contribution in [1.82, 2.24) is 4.98 Å². The highest BCUT2D eigenvalue weighted by Gasteiger charge is 1.98. The molecule has 15 heavy (non-hydrogen) atoms. The third-order valence-corrected chi connectivity index (χ3v) is 2.13. The number of aryl methyl sites for hydroxylation is 1. The standard InChI is InChI=1S/C10H9BN2.C2H6/c1-6-2-7-4-10(12)13-5-8(7)3-9(6)11;1-2/h2-5H,1H3,(H2,12,13);1-2H3. The predicted molar refractivity (Wildman–Crippen MR) is 67.6 cm³/mol.